The third kappa shape index (κ3) is 4.16. The molecule has 1 amide bonds. The minimum atomic E-state index is -0.689. The summed E-state index contributed by atoms with van der Waals surface area (Å²) in [5.41, 5.74) is -0.635. The van der Waals surface area contributed by atoms with Crippen LogP contribution in [0.2, 0.25) is 0 Å². The molecule has 0 bridgehead atoms. The number of nitrogens with zero attached hydrogens (tertiary/aromatic N) is 2. The number of amides is 1. The topological polar surface area (TPSA) is 63.5 Å². The second-order valence-corrected chi connectivity index (χ2v) is 4.63. The van der Waals surface area contributed by atoms with E-state index in [1.165, 1.54) is 4.90 Å². The van der Waals surface area contributed by atoms with Crippen molar-refractivity contribution in [2.24, 2.45) is 0 Å². The maximum absolute atomic E-state index is 13.3. The Balaban J connectivity index is 3.09. The van der Waals surface area contributed by atoms with Crippen molar-refractivity contribution in [3.63, 3.8) is 0 Å². The Morgan fingerprint density at radius 3 is 2.70 bits per heavy atom. The third-order valence-electron chi connectivity index (χ3n) is 2.81. The molecule has 20 heavy (non-hydrogen) atoms. The zero-order valence-corrected chi connectivity index (χ0v) is 11.9. The van der Waals surface area contributed by atoms with Gasteiger partial charge in [-0.1, -0.05) is 13.3 Å². The Hall–Kier alpha value is -1.69. The van der Waals surface area contributed by atoms with Crippen LogP contribution in [0.4, 0.5) is 10.1 Å². The number of rotatable bonds is 7. The van der Waals surface area contributed by atoms with Crippen molar-refractivity contribution in [1.29, 1.82) is 0 Å². The summed E-state index contributed by atoms with van der Waals surface area (Å²) in [5.74, 6) is -1.02. The van der Waals surface area contributed by atoms with Gasteiger partial charge in [0.1, 0.15) is 11.4 Å². The van der Waals surface area contributed by atoms with Crippen LogP contribution in [0.3, 0.4) is 0 Å². The van der Waals surface area contributed by atoms with Gasteiger partial charge in [-0.3, -0.25) is 14.9 Å². The number of hydrogen-bond acceptors (Lipinski definition) is 3. The number of halogens is 2. The number of carbonyl (C=O) groups excluding carboxylic acids is 1. The standard InChI is InChI=1S/C13H16ClFN2O3/c1-2-3-7-16(8-6-14)13(18)11-9-10(15)4-5-12(11)17(19)20/h4-5,9H,2-3,6-8H2,1H3. The van der Waals surface area contributed by atoms with Crippen LogP contribution in [0.5, 0.6) is 0 Å². The number of nitro benzene ring substituents is 1. The zero-order valence-electron chi connectivity index (χ0n) is 11.1. The van der Waals surface area contributed by atoms with Gasteiger partial charge in [-0.2, -0.15) is 0 Å². The predicted molar refractivity (Wildman–Crippen MR) is 74.6 cm³/mol. The number of benzene rings is 1. The molecule has 0 saturated carbocycles. The lowest BCUT2D eigenvalue weighted by molar-refractivity contribution is -0.385. The van der Waals surface area contributed by atoms with Gasteiger partial charge < -0.3 is 4.90 Å². The first-order valence-electron chi connectivity index (χ1n) is 6.30. The van der Waals surface area contributed by atoms with Crippen LogP contribution < -0.4 is 0 Å². The number of unbranched alkanes of at least 4 members (excludes halogenated alkanes) is 1. The Labute approximate surface area is 121 Å². The molecule has 1 aromatic rings. The van der Waals surface area contributed by atoms with Crippen LogP contribution in [-0.2, 0) is 0 Å². The van der Waals surface area contributed by atoms with Gasteiger partial charge in [0.15, 0.2) is 0 Å². The highest BCUT2D eigenvalue weighted by molar-refractivity contribution is 6.18. The molecule has 7 heteroatoms. The fourth-order valence-electron chi connectivity index (χ4n) is 1.77. The summed E-state index contributed by atoms with van der Waals surface area (Å²) < 4.78 is 13.3. The molecular formula is C13H16ClFN2O3. The van der Waals surface area contributed by atoms with Crippen LogP contribution in [0, 0.1) is 15.9 Å². The smallest absolute Gasteiger partial charge is 0.282 e. The maximum Gasteiger partial charge on any atom is 0.282 e. The minimum Gasteiger partial charge on any atom is -0.337 e. The molecule has 0 atom stereocenters. The van der Waals surface area contributed by atoms with Gasteiger partial charge in [0.25, 0.3) is 11.6 Å². The highest BCUT2D eigenvalue weighted by atomic mass is 35.5. The minimum absolute atomic E-state index is 0.221. The van der Waals surface area contributed by atoms with Crippen molar-refractivity contribution >= 4 is 23.2 Å². The lowest BCUT2D eigenvalue weighted by Gasteiger charge is -2.21. The van der Waals surface area contributed by atoms with Gasteiger partial charge >= 0.3 is 0 Å². The molecule has 1 rings (SSSR count). The van der Waals surface area contributed by atoms with Crippen LogP contribution in [0.15, 0.2) is 18.2 Å². The summed E-state index contributed by atoms with van der Waals surface area (Å²) in [6.07, 6.45) is 1.63. The third-order valence-corrected chi connectivity index (χ3v) is 2.98. The van der Waals surface area contributed by atoms with Gasteiger partial charge in [0, 0.05) is 25.0 Å². The molecule has 0 fully saturated rings. The van der Waals surface area contributed by atoms with E-state index >= 15 is 0 Å². The SMILES string of the molecule is CCCCN(CCCl)C(=O)c1cc(F)ccc1[N+](=O)[O-]. The predicted octanol–water partition coefficient (Wildman–Crippen LogP) is 3.22. The van der Waals surface area contributed by atoms with Crippen LogP contribution >= 0.6 is 11.6 Å². The molecule has 0 saturated heterocycles. The van der Waals surface area contributed by atoms with E-state index in [9.17, 15) is 19.3 Å². The van der Waals surface area contributed by atoms with E-state index < -0.39 is 22.3 Å². The highest BCUT2D eigenvalue weighted by Gasteiger charge is 2.24. The number of carbonyl (C=O) groups is 1. The normalized spacial score (nSPS) is 10.3. The summed E-state index contributed by atoms with van der Waals surface area (Å²) in [6.45, 7) is 2.68. The van der Waals surface area contributed by atoms with E-state index in [1.54, 1.807) is 0 Å². The second kappa shape index (κ2) is 7.79. The number of hydrogen-bond donors (Lipinski definition) is 0. The first-order chi connectivity index (χ1) is 9.51. The Morgan fingerprint density at radius 1 is 1.45 bits per heavy atom. The van der Waals surface area contributed by atoms with Crippen molar-refractivity contribution in [2.45, 2.75) is 19.8 Å². The van der Waals surface area contributed by atoms with Gasteiger partial charge in [0.05, 0.1) is 4.92 Å². The van der Waals surface area contributed by atoms with E-state index in [1.807, 2.05) is 6.92 Å². The number of nitro groups is 1. The van der Waals surface area contributed by atoms with Crippen LogP contribution in [0.25, 0.3) is 0 Å². The van der Waals surface area contributed by atoms with E-state index in [0.717, 1.165) is 31.0 Å². The van der Waals surface area contributed by atoms with Crippen LogP contribution in [-0.4, -0.2) is 34.7 Å². The van der Waals surface area contributed by atoms with Gasteiger partial charge in [-0.15, -0.1) is 11.6 Å². The monoisotopic (exact) mass is 302 g/mol. The average Bonchev–Trinajstić information content (AvgIpc) is 2.42. The molecule has 5 nitrogen and oxygen atoms in total. The molecule has 0 aliphatic heterocycles. The van der Waals surface area contributed by atoms with E-state index in [0.29, 0.717) is 6.54 Å². The van der Waals surface area contributed by atoms with Gasteiger partial charge in [-0.25, -0.2) is 4.39 Å². The number of alkyl halides is 1. The van der Waals surface area contributed by atoms with Crippen LogP contribution in [0.1, 0.15) is 30.1 Å². The molecule has 0 aliphatic rings. The molecule has 0 aromatic heterocycles. The lowest BCUT2D eigenvalue weighted by Crippen LogP contribution is -2.34. The zero-order chi connectivity index (χ0) is 15.1. The molecule has 110 valence electrons. The fraction of sp³-hybridized carbons (Fsp3) is 0.462. The molecule has 0 N–H and O–H groups in total. The molecule has 0 heterocycles. The van der Waals surface area contributed by atoms with Gasteiger partial charge in [0.2, 0.25) is 0 Å². The summed E-state index contributed by atoms with van der Waals surface area (Å²) in [4.78, 5) is 24.0. The van der Waals surface area contributed by atoms with Crippen molar-refractivity contribution in [3.8, 4) is 0 Å². The molecular weight excluding hydrogens is 287 g/mol. The average molecular weight is 303 g/mol. The maximum atomic E-state index is 13.3. The molecule has 1 aromatic carbocycles. The first kappa shape index (κ1) is 16.4. The van der Waals surface area contributed by atoms with Crippen molar-refractivity contribution in [3.05, 3.63) is 39.7 Å². The van der Waals surface area contributed by atoms with E-state index in [-0.39, 0.29) is 18.0 Å². The Kier molecular flexibility index (Phi) is 6.38. The molecule has 0 radical (unpaired) electrons. The first-order valence-corrected chi connectivity index (χ1v) is 6.83. The molecule has 0 aliphatic carbocycles. The van der Waals surface area contributed by atoms with Crippen molar-refractivity contribution < 1.29 is 14.1 Å². The van der Waals surface area contributed by atoms with Crippen molar-refractivity contribution in [1.82, 2.24) is 4.90 Å². The second-order valence-electron chi connectivity index (χ2n) is 4.25. The largest absolute Gasteiger partial charge is 0.337 e. The summed E-state index contributed by atoms with van der Waals surface area (Å²) in [7, 11) is 0. The van der Waals surface area contributed by atoms with Gasteiger partial charge in [-0.05, 0) is 18.6 Å². The Morgan fingerprint density at radius 2 is 2.15 bits per heavy atom. The summed E-state index contributed by atoms with van der Waals surface area (Å²) >= 11 is 5.64. The van der Waals surface area contributed by atoms with E-state index in [2.05, 4.69) is 0 Å². The Bertz CT molecular complexity index is 497. The van der Waals surface area contributed by atoms with E-state index in [4.69, 9.17) is 11.6 Å². The molecule has 0 unspecified atom stereocenters. The lowest BCUT2D eigenvalue weighted by atomic mass is 10.1. The van der Waals surface area contributed by atoms with Crippen molar-refractivity contribution in [2.75, 3.05) is 19.0 Å². The fourth-order valence-corrected chi connectivity index (χ4v) is 1.98. The quantitative estimate of drug-likeness (QED) is 0.441. The summed E-state index contributed by atoms with van der Waals surface area (Å²) in [6, 6.07) is 2.86. The molecule has 0 spiro atoms. The summed E-state index contributed by atoms with van der Waals surface area (Å²) in [5, 5.41) is 10.9. The highest BCUT2D eigenvalue weighted by Crippen LogP contribution is 2.21.